The largest absolute Gasteiger partial charge is 0.384 e. The fourth-order valence-electron chi connectivity index (χ4n) is 1.37. The molecular weight excluding hydrogens is 268 g/mol. The Bertz CT molecular complexity index is 511. The molecular formula is C12H18N2O4S. The normalized spacial score (nSPS) is 11.4. The lowest BCUT2D eigenvalue weighted by Crippen LogP contribution is -2.15. The summed E-state index contributed by atoms with van der Waals surface area (Å²) in [5.41, 5.74) is 5.80. The highest BCUT2D eigenvalue weighted by Gasteiger charge is 2.14. The first-order valence-corrected chi connectivity index (χ1v) is 7.36. The van der Waals surface area contributed by atoms with E-state index >= 15 is 0 Å². The van der Waals surface area contributed by atoms with Crippen LogP contribution in [-0.4, -0.2) is 46.9 Å². The lowest BCUT2D eigenvalue weighted by Gasteiger charge is -2.06. The van der Waals surface area contributed by atoms with Crippen LogP contribution in [0, 0.1) is 5.41 Å². The maximum atomic E-state index is 11.9. The van der Waals surface area contributed by atoms with Crippen molar-refractivity contribution in [1.29, 1.82) is 5.41 Å². The number of hydrogen-bond donors (Lipinski definition) is 2. The zero-order chi connectivity index (χ0) is 14.3. The van der Waals surface area contributed by atoms with E-state index < -0.39 is 9.84 Å². The molecule has 0 aromatic heterocycles. The Balaban J connectivity index is 2.59. The fourth-order valence-corrected chi connectivity index (χ4v) is 2.50. The number of rotatable bonds is 8. The first kappa shape index (κ1) is 15.6. The summed E-state index contributed by atoms with van der Waals surface area (Å²) in [5, 5.41) is 7.23. The summed E-state index contributed by atoms with van der Waals surface area (Å²) in [6.45, 7) is 0.933. The van der Waals surface area contributed by atoms with E-state index in [0.29, 0.717) is 18.8 Å². The predicted octanol–water partition coefficient (Wildman–Crippen LogP) is 0.407. The van der Waals surface area contributed by atoms with Gasteiger partial charge in [-0.15, -0.1) is 0 Å². The Kier molecular flexibility index (Phi) is 5.94. The number of nitrogen functional groups attached to an aromatic ring is 1. The van der Waals surface area contributed by atoms with E-state index in [2.05, 4.69) is 0 Å². The van der Waals surface area contributed by atoms with Crippen molar-refractivity contribution in [2.45, 2.75) is 4.90 Å². The summed E-state index contributed by atoms with van der Waals surface area (Å²) in [6.07, 6.45) is 0. The van der Waals surface area contributed by atoms with E-state index in [1.807, 2.05) is 0 Å². The molecule has 19 heavy (non-hydrogen) atoms. The number of hydrogen-bond acceptors (Lipinski definition) is 5. The van der Waals surface area contributed by atoms with Crippen LogP contribution in [0.4, 0.5) is 0 Å². The van der Waals surface area contributed by atoms with Gasteiger partial charge in [0.15, 0.2) is 9.84 Å². The van der Waals surface area contributed by atoms with E-state index in [0.717, 1.165) is 0 Å². The molecule has 3 N–H and O–H groups in total. The molecule has 0 aliphatic rings. The van der Waals surface area contributed by atoms with Gasteiger partial charge in [0.2, 0.25) is 0 Å². The van der Waals surface area contributed by atoms with Crippen LogP contribution >= 0.6 is 0 Å². The van der Waals surface area contributed by atoms with E-state index in [9.17, 15) is 8.42 Å². The number of sulfone groups is 1. The Hall–Kier alpha value is -1.44. The van der Waals surface area contributed by atoms with Gasteiger partial charge in [-0.05, 0) is 12.1 Å². The Labute approximate surface area is 112 Å². The maximum Gasteiger partial charge on any atom is 0.180 e. The smallest absolute Gasteiger partial charge is 0.180 e. The van der Waals surface area contributed by atoms with Crippen LogP contribution in [0.3, 0.4) is 0 Å². The minimum absolute atomic E-state index is 0.0872. The van der Waals surface area contributed by atoms with Crippen molar-refractivity contribution in [2.24, 2.45) is 5.73 Å². The zero-order valence-corrected chi connectivity index (χ0v) is 11.6. The SMILES string of the molecule is COCCOCCS(=O)(=O)c1ccc(C(=N)N)cc1. The van der Waals surface area contributed by atoms with Crippen molar-refractivity contribution in [3.05, 3.63) is 29.8 Å². The zero-order valence-electron chi connectivity index (χ0n) is 10.8. The van der Waals surface area contributed by atoms with Crippen molar-refractivity contribution in [3.63, 3.8) is 0 Å². The minimum atomic E-state index is -3.37. The van der Waals surface area contributed by atoms with E-state index in [1.54, 1.807) is 7.11 Å². The van der Waals surface area contributed by atoms with Crippen molar-refractivity contribution in [1.82, 2.24) is 0 Å². The van der Waals surface area contributed by atoms with Crippen molar-refractivity contribution in [2.75, 3.05) is 32.7 Å². The van der Waals surface area contributed by atoms with Crippen LogP contribution in [0.2, 0.25) is 0 Å². The third kappa shape index (κ3) is 4.98. The van der Waals surface area contributed by atoms with Crippen LogP contribution in [-0.2, 0) is 19.3 Å². The molecule has 1 aromatic rings. The standard InChI is InChI=1S/C12H18N2O4S/c1-17-6-7-18-8-9-19(15,16)11-4-2-10(3-5-11)12(13)14/h2-5H,6-9H2,1H3,(H3,13,14). The van der Waals surface area contributed by atoms with Gasteiger partial charge in [0.1, 0.15) is 5.84 Å². The summed E-state index contributed by atoms with van der Waals surface area (Å²) < 4.78 is 33.8. The van der Waals surface area contributed by atoms with Gasteiger partial charge < -0.3 is 15.2 Å². The molecule has 0 fully saturated rings. The van der Waals surface area contributed by atoms with Crippen LogP contribution in [0.5, 0.6) is 0 Å². The van der Waals surface area contributed by atoms with Gasteiger partial charge in [0.25, 0.3) is 0 Å². The van der Waals surface area contributed by atoms with E-state index in [4.69, 9.17) is 20.6 Å². The number of benzene rings is 1. The number of methoxy groups -OCH3 is 1. The van der Waals surface area contributed by atoms with Crippen molar-refractivity contribution >= 4 is 15.7 Å². The highest BCUT2D eigenvalue weighted by atomic mass is 32.2. The predicted molar refractivity (Wildman–Crippen MR) is 72.2 cm³/mol. The number of nitrogens with one attached hydrogen (secondary N) is 1. The molecule has 6 nitrogen and oxygen atoms in total. The third-order valence-electron chi connectivity index (χ3n) is 2.45. The first-order valence-electron chi connectivity index (χ1n) is 5.71. The van der Waals surface area contributed by atoms with Crippen LogP contribution in [0.25, 0.3) is 0 Å². The number of amidine groups is 1. The van der Waals surface area contributed by atoms with Gasteiger partial charge in [-0.2, -0.15) is 0 Å². The van der Waals surface area contributed by atoms with Crippen LogP contribution in [0.15, 0.2) is 29.2 Å². The fraction of sp³-hybridized carbons (Fsp3) is 0.417. The lowest BCUT2D eigenvalue weighted by molar-refractivity contribution is 0.0785. The molecule has 0 radical (unpaired) electrons. The molecule has 0 amide bonds. The van der Waals surface area contributed by atoms with Gasteiger partial charge in [-0.25, -0.2) is 8.42 Å². The summed E-state index contributed by atoms with van der Waals surface area (Å²) in [7, 11) is -1.81. The molecule has 0 bridgehead atoms. The summed E-state index contributed by atoms with van der Waals surface area (Å²) in [6, 6.07) is 5.92. The summed E-state index contributed by atoms with van der Waals surface area (Å²) >= 11 is 0. The second-order valence-corrected chi connectivity index (χ2v) is 5.97. The van der Waals surface area contributed by atoms with E-state index in [-0.39, 0.29) is 23.1 Å². The Morgan fingerprint density at radius 1 is 1.21 bits per heavy atom. The summed E-state index contributed by atoms with van der Waals surface area (Å²) in [4.78, 5) is 0.202. The molecule has 1 rings (SSSR count). The second kappa shape index (κ2) is 7.22. The molecule has 1 aromatic carbocycles. The highest BCUT2D eigenvalue weighted by Crippen LogP contribution is 2.12. The molecule has 0 spiro atoms. The molecule has 0 heterocycles. The van der Waals surface area contributed by atoms with Gasteiger partial charge >= 0.3 is 0 Å². The molecule has 106 valence electrons. The maximum absolute atomic E-state index is 11.9. The molecule has 0 aliphatic carbocycles. The average molecular weight is 286 g/mol. The van der Waals surface area contributed by atoms with Crippen molar-refractivity contribution in [3.8, 4) is 0 Å². The average Bonchev–Trinajstić information content (AvgIpc) is 2.38. The third-order valence-corrected chi connectivity index (χ3v) is 4.15. The van der Waals surface area contributed by atoms with Gasteiger partial charge in [-0.3, -0.25) is 5.41 Å². The van der Waals surface area contributed by atoms with Crippen LogP contribution in [0.1, 0.15) is 5.56 Å². The Morgan fingerprint density at radius 3 is 2.37 bits per heavy atom. The number of ether oxygens (including phenoxy) is 2. The second-order valence-electron chi connectivity index (χ2n) is 3.86. The quantitative estimate of drug-likeness (QED) is 0.409. The molecule has 0 saturated heterocycles. The molecule has 0 unspecified atom stereocenters. The first-order chi connectivity index (χ1) is 8.97. The van der Waals surface area contributed by atoms with Gasteiger partial charge in [-0.1, -0.05) is 12.1 Å². The monoisotopic (exact) mass is 286 g/mol. The van der Waals surface area contributed by atoms with Crippen LogP contribution < -0.4 is 5.73 Å². The molecule has 0 aliphatic heterocycles. The van der Waals surface area contributed by atoms with Gasteiger partial charge in [0.05, 0.1) is 30.5 Å². The highest BCUT2D eigenvalue weighted by molar-refractivity contribution is 7.91. The molecule has 0 atom stereocenters. The van der Waals surface area contributed by atoms with Gasteiger partial charge in [0, 0.05) is 12.7 Å². The Morgan fingerprint density at radius 2 is 1.84 bits per heavy atom. The minimum Gasteiger partial charge on any atom is -0.384 e. The van der Waals surface area contributed by atoms with Crippen molar-refractivity contribution < 1.29 is 17.9 Å². The molecule has 0 saturated carbocycles. The lowest BCUT2D eigenvalue weighted by atomic mass is 10.2. The summed E-state index contributed by atoms with van der Waals surface area (Å²) in [5.74, 6) is -0.178. The number of nitrogens with two attached hydrogens (primary N) is 1. The molecule has 7 heteroatoms. The topological polar surface area (TPSA) is 102 Å². The van der Waals surface area contributed by atoms with E-state index in [1.165, 1.54) is 24.3 Å².